The summed E-state index contributed by atoms with van der Waals surface area (Å²) in [4.78, 5) is 23.0. The fraction of sp³-hybridized carbons (Fsp3) is 0.476. The van der Waals surface area contributed by atoms with E-state index in [0.717, 1.165) is 11.6 Å². The van der Waals surface area contributed by atoms with Gasteiger partial charge in [0.15, 0.2) is 0 Å². The highest BCUT2D eigenvalue weighted by atomic mass is 16.6. The number of fused-ring (bicyclic) bond motifs is 1. The van der Waals surface area contributed by atoms with Crippen molar-refractivity contribution in [1.29, 1.82) is 0 Å². The van der Waals surface area contributed by atoms with Crippen molar-refractivity contribution in [2.45, 2.75) is 64.8 Å². The summed E-state index contributed by atoms with van der Waals surface area (Å²) < 4.78 is 5.48. The van der Waals surface area contributed by atoms with Crippen LogP contribution in [0.1, 0.15) is 62.0 Å². The van der Waals surface area contributed by atoms with E-state index in [1.165, 1.54) is 29.5 Å². The van der Waals surface area contributed by atoms with Crippen molar-refractivity contribution in [3.05, 3.63) is 53.0 Å². The Kier molecular flexibility index (Phi) is 4.50. The van der Waals surface area contributed by atoms with Crippen LogP contribution in [-0.2, 0) is 24.4 Å². The number of carbonyl (C=O) groups excluding carboxylic acids is 1. The second kappa shape index (κ2) is 6.83. The van der Waals surface area contributed by atoms with Crippen molar-refractivity contribution in [2.75, 3.05) is 5.32 Å². The molecule has 6 nitrogen and oxygen atoms in total. The first-order chi connectivity index (χ1) is 12.9. The molecule has 1 amide bonds. The number of carbonyl (C=O) groups is 1. The number of ether oxygens (including phenoxy) is 1. The van der Waals surface area contributed by atoms with E-state index in [9.17, 15) is 4.79 Å². The van der Waals surface area contributed by atoms with Gasteiger partial charge in [-0.05, 0) is 56.4 Å². The fourth-order valence-electron chi connectivity index (χ4n) is 3.22. The van der Waals surface area contributed by atoms with E-state index in [-0.39, 0.29) is 6.09 Å². The van der Waals surface area contributed by atoms with Gasteiger partial charge in [-0.3, -0.25) is 4.90 Å². The molecular formula is C21H26N4O2. The molecule has 1 aromatic heterocycles. The molecule has 2 aliphatic rings. The van der Waals surface area contributed by atoms with Crippen LogP contribution in [0, 0.1) is 0 Å². The van der Waals surface area contributed by atoms with Crippen molar-refractivity contribution >= 4 is 11.9 Å². The van der Waals surface area contributed by atoms with Crippen LogP contribution >= 0.6 is 0 Å². The Morgan fingerprint density at radius 1 is 1.22 bits per heavy atom. The molecule has 6 heteroatoms. The predicted molar refractivity (Wildman–Crippen MR) is 103 cm³/mol. The molecule has 0 atom stereocenters. The number of nitrogens with zero attached hydrogens (tertiary/aromatic N) is 3. The summed E-state index contributed by atoms with van der Waals surface area (Å²) in [5, 5.41) is 3.38. The zero-order valence-corrected chi connectivity index (χ0v) is 16.2. The monoisotopic (exact) mass is 366 g/mol. The molecule has 0 bridgehead atoms. The Morgan fingerprint density at radius 3 is 2.74 bits per heavy atom. The maximum Gasteiger partial charge on any atom is 0.410 e. The van der Waals surface area contributed by atoms with E-state index in [1.807, 2.05) is 33.0 Å². The number of benzene rings is 1. The topological polar surface area (TPSA) is 67.3 Å². The molecule has 1 fully saturated rings. The number of hydrogen-bond acceptors (Lipinski definition) is 5. The molecule has 0 saturated heterocycles. The lowest BCUT2D eigenvalue weighted by molar-refractivity contribution is 0.0242. The zero-order valence-electron chi connectivity index (χ0n) is 16.2. The molecule has 1 aromatic carbocycles. The van der Waals surface area contributed by atoms with Gasteiger partial charge < -0.3 is 10.1 Å². The summed E-state index contributed by atoms with van der Waals surface area (Å²) >= 11 is 0. The highest BCUT2D eigenvalue weighted by Gasteiger charge is 2.28. The first kappa shape index (κ1) is 17.8. The van der Waals surface area contributed by atoms with Crippen LogP contribution in [0.15, 0.2) is 30.5 Å². The van der Waals surface area contributed by atoms with Crippen LogP contribution in [0.25, 0.3) is 0 Å². The second-order valence-electron chi connectivity index (χ2n) is 8.37. The van der Waals surface area contributed by atoms with Gasteiger partial charge in [-0.25, -0.2) is 14.8 Å². The number of anilines is 1. The normalized spacial score (nSPS) is 16.2. The first-order valence-corrected chi connectivity index (χ1v) is 9.53. The Labute approximate surface area is 160 Å². The minimum absolute atomic E-state index is 0.257. The predicted octanol–water partition coefficient (Wildman–Crippen LogP) is 4.22. The number of rotatable bonds is 4. The van der Waals surface area contributed by atoms with E-state index in [1.54, 1.807) is 4.90 Å². The Hall–Kier alpha value is -2.63. The molecule has 0 unspecified atom stereocenters. The van der Waals surface area contributed by atoms with Gasteiger partial charge in [0.2, 0.25) is 0 Å². The molecule has 1 aliphatic heterocycles. The molecule has 2 heterocycles. The highest BCUT2D eigenvalue weighted by Crippen LogP contribution is 2.38. The van der Waals surface area contributed by atoms with Crippen LogP contribution in [0.5, 0.6) is 0 Å². The average molecular weight is 366 g/mol. The maximum absolute atomic E-state index is 12.3. The fourth-order valence-corrected chi connectivity index (χ4v) is 3.22. The lowest BCUT2D eigenvalue weighted by Crippen LogP contribution is -2.33. The number of amides is 1. The highest BCUT2D eigenvalue weighted by molar-refractivity contribution is 5.69. The summed E-state index contributed by atoms with van der Waals surface area (Å²) in [7, 11) is 0. The van der Waals surface area contributed by atoms with Crippen LogP contribution in [0.4, 0.5) is 10.6 Å². The Morgan fingerprint density at radius 2 is 2.00 bits per heavy atom. The molecule has 27 heavy (non-hydrogen) atoms. The quantitative estimate of drug-likeness (QED) is 0.878. The number of nitrogens with one attached hydrogen (secondary N) is 1. The standard InChI is InChI=1S/C21H26N4O2/c1-21(2,3)27-20(26)25-12-16-5-4-14(10-17(16)13-25)11-23-18-8-9-22-19(24-18)15-6-7-15/h4-5,8-10,15H,6-7,11-13H2,1-3H3,(H,22,23,24). The van der Waals surface area contributed by atoms with Gasteiger partial charge >= 0.3 is 6.09 Å². The minimum atomic E-state index is -0.474. The molecule has 4 rings (SSSR count). The van der Waals surface area contributed by atoms with Gasteiger partial charge in [-0.2, -0.15) is 0 Å². The molecule has 0 radical (unpaired) electrons. The van der Waals surface area contributed by atoms with Crippen molar-refractivity contribution < 1.29 is 9.53 Å². The van der Waals surface area contributed by atoms with E-state index >= 15 is 0 Å². The molecular weight excluding hydrogens is 340 g/mol. The van der Waals surface area contributed by atoms with E-state index < -0.39 is 5.60 Å². The average Bonchev–Trinajstić information content (AvgIpc) is 3.37. The molecule has 1 saturated carbocycles. The minimum Gasteiger partial charge on any atom is -0.444 e. The van der Waals surface area contributed by atoms with Gasteiger partial charge in [0, 0.05) is 31.7 Å². The third-order valence-corrected chi connectivity index (χ3v) is 4.74. The summed E-state index contributed by atoms with van der Waals surface area (Å²) in [6.45, 7) is 7.56. The third-order valence-electron chi connectivity index (χ3n) is 4.74. The Balaban J connectivity index is 1.38. The van der Waals surface area contributed by atoms with Crippen molar-refractivity contribution in [2.24, 2.45) is 0 Å². The van der Waals surface area contributed by atoms with Crippen molar-refractivity contribution in [1.82, 2.24) is 14.9 Å². The lowest BCUT2D eigenvalue weighted by Gasteiger charge is -2.24. The van der Waals surface area contributed by atoms with Crippen molar-refractivity contribution in [3.8, 4) is 0 Å². The second-order valence-corrected chi connectivity index (χ2v) is 8.37. The number of aromatic nitrogens is 2. The smallest absolute Gasteiger partial charge is 0.410 e. The van der Waals surface area contributed by atoms with Crippen LogP contribution in [-0.4, -0.2) is 26.6 Å². The van der Waals surface area contributed by atoms with E-state index in [4.69, 9.17) is 4.74 Å². The van der Waals surface area contributed by atoms with E-state index in [2.05, 4.69) is 33.5 Å². The van der Waals surface area contributed by atoms with Gasteiger partial charge in [0.25, 0.3) is 0 Å². The van der Waals surface area contributed by atoms with Gasteiger partial charge in [-0.1, -0.05) is 18.2 Å². The van der Waals surface area contributed by atoms with Gasteiger partial charge in [0.05, 0.1) is 0 Å². The van der Waals surface area contributed by atoms with Gasteiger partial charge in [-0.15, -0.1) is 0 Å². The van der Waals surface area contributed by atoms with Crippen molar-refractivity contribution in [3.63, 3.8) is 0 Å². The summed E-state index contributed by atoms with van der Waals surface area (Å²) in [5.74, 6) is 2.36. The van der Waals surface area contributed by atoms with Gasteiger partial charge in [0.1, 0.15) is 17.2 Å². The summed E-state index contributed by atoms with van der Waals surface area (Å²) in [5.41, 5.74) is 3.06. The number of hydrogen-bond donors (Lipinski definition) is 1. The van der Waals surface area contributed by atoms with Crippen LogP contribution < -0.4 is 5.32 Å². The summed E-state index contributed by atoms with van der Waals surface area (Å²) in [6.07, 6.45) is 3.96. The molecule has 142 valence electrons. The molecule has 1 N–H and O–H groups in total. The molecule has 0 spiro atoms. The molecule has 1 aliphatic carbocycles. The molecule has 2 aromatic rings. The Bertz CT molecular complexity index is 856. The van der Waals surface area contributed by atoms with Crippen LogP contribution in [0.2, 0.25) is 0 Å². The SMILES string of the molecule is CC(C)(C)OC(=O)N1Cc2ccc(CNc3ccnc(C4CC4)n3)cc2C1. The zero-order chi connectivity index (χ0) is 19.0. The van der Waals surface area contributed by atoms with Crippen LogP contribution in [0.3, 0.4) is 0 Å². The largest absolute Gasteiger partial charge is 0.444 e. The first-order valence-electron chi connectivity index (χ1n) is 9.53. The summed E-state index contributed by atoms with van der Waals surface area (Å²) in [6, 6.07) is 8.28. The lowest BCUT2D eigenvalue weighted by atomic mass is 10.1. The maximum atomic E-state index is 12.3. The third kappa shape index (κ3) is 4.38. The van der Waals surface area contributed by atoms with E-state index in [0.29, 0.717) is 25.6 Å².